The molecule has 1 fully saturated rings. The number of benzene rings is 1. The molecular weight excluding hydrogens is 292 g/mol. The number of rotatable bonds is 2. The molecule has 1 aliphatic rings. The third kappa shape index (κ3) is 3.88. The predicted octanol–water partition coefficient (Wildman–Crippen LogP) is 3.22. The first kappa shape index (κ1) is 15.6. The molecule has 1 aromatic rings. The number of aryl methyl sites for hydroxylation is 1. The molecule has 1 aliphatic heterocycles. The molecule has 0 saturated carbocycles. The first-order chi connectivity index (χ1) is 9.86. The summed E-state index contributed by atoms with van der Waals surface area (Å²) in [5.74, 6) is -1.18. The maximum Gasteiger partial charge on any atom is 0.321 e. The topological polar surface area (TPSA) is 69.6 Å². The van der Waals surface area contributed by atoms with E-state index in [4.69, 9.17) is 16.7 Å². The van der Waals surface area contributed by atoms with E-state index in [1.165, 1.54) is 0 Å². The van der Waals surface area contributed by atoms with E-state index < -0.39 is 11.9 Å². The lowest BCUT2D eigenvalue weighted by molar-refractivity contribution is -0.143. The molecule has 0 aromatic heterocycles. The fraction of sp³-hybridized carbons (Fsp3) is 0.467. The molecule has 2 rings (SSSR count). The summed E-state index contributed by atoms with van der Waals surface area (Å²) >= 11 is 5.93. The van der Waals surface area contributed by atoms with Crippen molar-refractivity contribution >= 4 is 29.3 Å². The number of likely N-dealkylation sites (tertiary alicyclic amines) is 1. The Bertz CT molecular complexity index is 562. The van der Waals surface area contributed by atoms with Crippen LogP contribution in [0.25, 0.3) is 0 Å². The van der Waals surface area contributed by atoms with E-state index in [9.17, 15) is 9.59 Å². The summed E-state index contributed by atoms with van der Waals surface area (Å²) < 4.78 is 0. The number of anilines is 1. The number of carboxylic acids is 1. The van der Waals surface area contributed by atoms with E-state index in [1.807, 2.05) is 19.9 Å². The van der Waals surface area contributed by atoms with Gasteiger partial charge in [-0.2, -0.15) is 0 Å². The van der Waals surface area contributed by atoms with Crippen LogP contribution in [0.4, 0.5) is 10.5 Å². The third-order valence-corrected chi connectivity index (χ3v) is 3.97. The minimum atomic E-state index is -0.849. The van der Waals surface area contributed by atoms with Gasteiger partial charge >= 0.3 is 12.0 Å². The van der Waals surface area contributed by atoms with Gasteiger partial charge in [0.1, 0.15) is 0 Å². The lowest BCUT2D eigenvalue weighted by atomic mass is 9.91. The van der Waals surface area contributed by atoms with Crippen LogP contribution in [0, 0.1) is 18.8 Å². The smallest absolute Gasteiger partial charge is 0.321 e. The van der Waals surface area contributed by atoms with Gasteiger partial charge in [0.2, 0.25) is 0 Å². The van der Waals surface area contributed by atoms with Gasteiger partial charge in [-0.3, -0.25) is 4.79 Å². The lowest BCUT2D eigenvalue weighted by Gasteiger charge is -2.34. The Labute approximate surface area is 128 Å². The fourth-order valence-electron chi connectivity index (χ4n) is 2.62. The van der Waals surface area contributed by atoms with Crippen LogP contribution in [0.15, 0.2) is 18.2 Å². The van der Waals surface area contributed by atoms with E-state index in [1.54, 1.807) is 17.0 Å². The highest BCUT2D eigenvalue weighted by atomic mass is 35.5. The number of halogens is 1. The van der Waals surface area contributed by atoms with E-state index in [-0.39, 0.29) is 18.5 Å². The van der Waals surface area contributed by atoms with Crippen LogP contribution >= 0.6 is 11.6 Å². The molecule has 5 nitrogen and oxygen atoms in total. The summed E-state index contributed by atoms with van der Waals surface area (Å²) in [6, 6.07) is 5.00. The van der Waals surface area contributed by atoms with Gasteiger partial charge in [-0.15, -0.1) is 0 Å². The summed E-state index contributed by atoms with van der Waals surface area (Å²) in [6.07, 6.45) is 0.606. The van der Waals surface area contributed by atoms with E-state index >= 15 is 0 Å². The summed E-state index contributed by atoms with van der Waals surface area (Å²) in [6.45, 7) is 4.64. The highest BCUT2D eigenvalue weighted by Crippen LogP contribution is 2.24. The monoisotopic (exact) mass is 310 g/mol. The standard InChI is InChI=1S/C15H19ClN2O3/c1-9-5-11(14(19)20)8-18(7-9)15(21)17-13-6-12(16)4-3-10(13)2/h3-4,6,9,11H,5,7-8H2,1-2H3,(H,17,21)(H,19,20). The molecule has 0 bridgehead atoms. The Morgan fingerprint density at radius 2 is 2.10 bits per heavy atom. The second kappa shape index (κ2) is 6.35. The first-order valence-electron chi connectivity index (χ1n) is 6.91. The second-order valence-corrected chi connectivity index (χ2v) is 6.11. The second-order valence-electron chi connectivity index (χ2n) is 5.67. The van der Waals surface area contributed by atoms with Gasteiger partial charge in [0.15, 0.2) is 0 Å². The number of carboxylic acid groups (broad SMARTS) is 1. The average molecular weight is 311 g/mol. The number of hydrogen-bond donors (Lipinski definition) is 2. The maximum atomic E-state index is 12.3. The largest absolute Gasteiger partial charge is 0.481 e. The molecule has 21 heavy (non-hydrogen) atoms. The van der Waals surface area contributed by atoms with Crippen LogP contribution < -0.4 is 5.32 Å². The Hall–Kier alpha value is -1.75. The molecule has 6 heteroatoms. The number of nitrogens with one attached hydrogen (secondary N) is 1. The van der Waals surface area contributed by atoms with E-state index in [0.29, 0.717) is 23.7 Å². The number of piperidine rings is 1. The molecule has 0 aliphatic carbocycles. The summed E-state index contributed by atoms with van der Waals surface area (Å²) in [5, 5.41) is 12.5. The Morgan fingerprint density at radius 1 is 1.38 bits per heavy atom. The number of nitrogens with zero attached hydrogens (tertiary/aromatic N) is 1. The number of amides is 2. The summed E-state index contributed by atoms with van der Waals surface area (Å²) in [4.78, 5) is 25.0. The minimum absolute atomic E-state index is 0.172. The van der Waals surface area contributed by atoms with Crippen LogP contribution in [0.2, 0.25) is 5.02 Å². The molecule has 0 spiro atoms. The predicted molar refractivity (Wildman–Crippen MR) is 81.7 cm³/mol. The average Bonchev–Trinajstić information content (AvgIpc) is 2.42. The van der Waals surface area contributed by atoms with Crippen LogP contribution in [-0.4, -0.2) is 35.1 Å². The van der Waals surface area contributed by atoms with Crippen molar-refractivity contribution in [3.63, 3.8) is 0 Å². The Morgan fingerprint density at radius 3 is 2.76 bits per heavy atom. The van der Waals surface area contributed by atoms with Crippen molar-refractivity contribution in [1.29, 1.82) is 0 Å². The zero-order valence-electron chi connectivity index (χ0n) is 12.1. The van der Waals surface area contributed by atoms with E-state index in [0.717, 1.165) is 5.56 Å². The number of hydrogen-bond acceptors (Lipinski definition) is 2. The van der Waals surface area contributed by atoms with Gasteiger partial charge in [0.25, 0.3) is 0 Å². The van der Waals surface area contributed by atoms with Crippen molar-refractivity contribution in [2.24, 2.45) is 11.8 Å². The molecule has 0 radical (unpaired) electrons. The highest BCUT2D eigenvalue weighted by Gasteiger charge is 2.31. The van der Waals surface area contributed by atoms with Gasteiger partial charge in [0, 0.05) is 23.8 Å². The van der Waals surface area contributed by atoms with Gasteiger partial charge in [-0.1, -0.05) is 24.6 Å². The molecule has 1 aromatic carbocycles. The fourth-order valence-corrected chi connectivity index (χ4v) is 2.79. The lowest BCUT2D eigenvalue weighted by Crippen LogP contribution is -2.47. The van der Waals surface area contributed by atoms with Crippen molar-refractivity contribution in [2.45, 2.75) is 20.3 Å². The van der Waals surface area contributed by atoms with Crippen LogP contribution in [-0.2, 0) is 4.79 Å². The number of carbonyl (C=O) groups is 2. The van der Waals surface area contributed by atoms with Gasteiger partial charge in [-0.05, 0) is 37.0 Å². The highest BCUT2D eigenvalue weighted by molar-refractivity contribution is 6.31. The molecule has 2 N–H and O–H groups in total. The zero-order valence-corrected chi connectivity index (χ0v) is 12.9. The van der Waals surface area contributed by atoms with Crippen molar-refractivity contribution in [1.82, 2.24) is 4.90 Å². The number of urea groups is 1. The van der Waals surface area contributed by atoms with Crippen molar-refractivity contribution in [3.8, 4) is 0 Å². The molecule has 2 amide bonds. The Balaban J connectivity index is 2.08. The van der Waals surface area contributed by atoms with Gasteiger partial charge in [0.05, 0.1) is 5.92 Å². The first-order valence-corrected chi connectivity index (χ1v) is 7.29. The molecule has 1 saturated heterocycles. The molecule has 2 atom stereocenters. The van der Waals surface area contributed by atoms with Crippen molar-refractivity contribution in [3.05, 3.63) is 28.8 Å². The molecule has 114 valence electrons. The molecule has 1 heterocycles. The minimum Gasteiger partial charge on any atom is -0.481 e. The normalized spacial score (nSPS) is 22.0. The zero-order chi connectivity index (χ0) is 15.6. The van der Waals surface area contributed by atoms with Gasteiger partial charge < -0.3 is 15.3 Å². The SMILES string of the molecule is Cc1ccc(Cl)cc1NC(=O)N1CC(C)CC(C(=O)O)C1. The number of carbonyl (C=O) groups excluding carboxylic acids is 1. The number of aliphatic carboxylic acids is 1. The summed E-state index contributed by atoms with van der Waals surface area (Å²) in [5.41, 5.74) is 1.56. The Kier molecular flexibility index (Phi) is 4.73. The molecular formula is C15H19ClN2O3. The van der Waals surface area contributed by atoms with Crippen LogP contribution in [0.3, 0.4) is 0 Å². The maximum absolute atomic E-state index is 12.3. The quantitative estimate of drug-likeness (QED) is 0.881. The van der Waals surface area contributed by atoms with Crippen molar-refractivity contribution in [2.75, 3.05) is 18.4 Å². The third-order valence-electron chi connectivity index (χ3n) is 3.74. The molecule has 2 unspecified atom stereocenters. The van der Waals surface area contributed by atoms with E-state index in [2.05, 4.69) is 5.32 Å². The van der Waals surface area contributed by atoms with Gasteiger partial charge in [-0.25, -0.2) is 4.79 Å². The van der Waals surface area contributed by atoms with Crippen LogP contribution in [0.5, 0.6) is 0 Å². The van der Waals surface area contributed by atoms with Crippen LogP contribution in [0.1, 0.15) is 18.9 Å². The summed E-state index contributed by atoms with van der Waals surface area (Å²) in [7, 11) is 0. The van der Waals surface area contributed by atoms with Crippen molar-refractivity contribution < 1.29 is 14.7 Å².